The number of nitrogens with zero attached hydrogens (tertiary/aromatic N) is 1. The number of hydrogen-bond acceptors (Lipinski definition) is 3. The van der Waals surface area contributed by atoms with Crippen LogP contribution in [0.3, 0.4) is 0 Å². The number of aromatic amines is 1. The van der Waals surface area contributed by atoms with Crippen molar-refractivity contribution >= 4 is 0 Å². The summed E-state index contributed by atoms with van der Waals surface area (Å²) in [6.45, 7) is 3.83. The molecule has 2 rings (SSSR count). The van der Waals surface area contributed by atoms with Gasteiger partial charge in [0.25, 0.3) is 0 Å². The van der Waals surface area contributed by atoms with E-state index < -0.39 is 0 Å². The smallest absolute Gasteiger partial charge is 0.234 e. The van der Waals surface area contributed by atoms with Crippen molar-refractivity contribution in [2.75, 3.05) is 13.1 Å². The van der Waals surface area contributed by atoms with Gasteiger partial charge in [-0.2, -0.15) is 0 Å². The summed E-state index contributed by atoms with van der Waals surface area (Å²) in [7, 11) is 0. The van der Waals surface area contributed by atoms with Crippen LogP contribution in [-0.2, 0) is 0 Å². The second-order valence-corrected chi connectivity index (χ2v) is 2.73. The van der Waals surface area contributed by atoms with Crippen molar-refractivity contribution in [1.82, 2.24) is 15.3 Å². The largest absolute Gasteiger partial charge is 0.470 e. The molecule has 0 saturated carbocycles. The van der Waals surface area contributed by atoms with Gasteiger partial charge >= 0.3 is 0 Å². The molecule has 0 atom stereocenters. The van der Waals surface area contributed by atoms with Crippen LogP contribution < -0.4 is 10.1 Å². The quantitative estimate of drug-likeness (QED) is 0.632. The molecule has 1 fully saturated rings. The lowest BCUT2D eigenvalue weighted by Gasteiger charge is -2.26. The Labute approximate surface area is 65.0 Å². The predicted molar refractivity (Wildman–Crippen MR) is 40.6 cm³/mol. The maximum atomic E-state index is 5.52. The molecule has 1 aliphatic rings. The Balaban J connectivity index is 1.99. The van der Waals surface area contributed by atoms with E-state index in [0.717, 1.165) is 24.7 Å². The first-order chi connectivity index (χ1) is 5.36. The summed E-state index contributed by atoms with van der Waals surface area (Å²) < 4.78 is 5.52. The van der Waals surface area contributed by atoms with Crippen LogP contribution in [-0.4, -0.2) is 29.2 Å². The number of H-pyrrole nitrogens is 1. The van der Waals surface area contributed by atoms with Crippen LogP contribution in [0, 0.1) is 6.92 Å². The normalized spacial score (nSPS) is 17.9. The molecule has 0 bridgehead atoms. The highest BCUT2D eigenvalue weighted by molar-refractivity contribution is 5.16. The zero-order valence-corrected chi connectivity index (χ0v) is 6.42. The third kappa shape index (κ3) is 1.21. The van der Waals surface area contributed by atoms with Crippen molar-refractivity contribution in [2.45, 2.75) is 13.0 Å². The van der Waals surface area contributed by atoms with Gasteiger partial charge in [-0.05, 0) is 6.92 Å². The van der Waals surface area contributed by atoms with E-state index in [2.05, 4.69) is 15.3 Å². The van der Waals surface area contributed by atoms with Gasteiger partial charge < -0.3 is 15.0 Å². The lowest BCUT2D eigenvalue weighted by Crippen LogP contribution is -2.50. The number of imidazole rings is 1. The fourth-order valence-electron chi connectivity index (χ4n) is 0.968. The third-order valence-electron chi connectivity index (χ3n) is 1.81. The molecule has 1 aromatic rings. The van der Waals surface area contributed by atoms with Crippen molar-refractivity contribution in [2.24, 2.45) is 0 Å². The van der Waals surface area contributed by atoms with E-state index in [0.29, 0.717) is 6.10 Å². The Morgan fingerprint density at radius 2 is 2.45 bits per heavy atom. The van der Waals surface area contributed by atoms with Gasteiger partial charge in [0.15, 0.2) is 0 Å². The van der Waals surface area contributed by atoms with Crippen LogP contribution >= 0.6 is 0 Å². The third-order valence-corrected chi connectivity index (χ3v) is 1.81. The Morgan fingerprint density at radius 3 is 2.91 bits per heavy atom. The van der Waals surface area contributed by atoms with E-state index in [1.54, 1.807) is 6.33 Å². The molecular weight excluding hydrogens is 142 g/mol. The number of aryl methyl sites for hydroxylation is 1. The summed E-state index contributed by atoms with van der Waals surface area (Å²) in [6.07, 6.45) is 1.97. The van der Waals surface area contributed by atoms with Crippen LogP contribution in [0.5, 0.6) is 5.88 Å². The summed E-state index contributed by atoms with van der Waals surface area (Å²) in [5.41, 5.74) is 0.997. The van der Waals surface area contributed by atoms with Crippen molar-refractivity contribution in [3.05, 3.63) is 12.0 Å². The molecule has 2 N–H and O–H groups in total. The molecule has 2 heterocycles. The van der Waals surface area contributed by atoms with Crippen molar-refractivity contribution < 1.29 is 4.74 Å². The SMILES string of the molecule is Cc1[nH]cnc1OC1CNC1. The molecule has 11 heavy (non-hydrogen) atoms. The molecule has 1 saturated heterocycles. The van der Waals surface area contributed by atoms with Gasteiger partial charge in [0, 0.05) is 13.1 Å². The number of ether oxygens (including phenoxy) is 1. The van der Waals surface area contributed by atoms with Crippen LogP contribution in [0.1, 0.15) is 5.69 Å². The van der Waals surface area contributed by atoms with Crippen LogP contribution in [0.25, 0.3) is 0 Å². The highest BCUT2D eigenvalue weighted by atomic mass is 16.5. The van der Waals surface area contributed by atoms with E-state index in [9.17, 15) is 0 Å². The molecule has 0 aliphatic carbocycles. The lowest BCUT2D eigenvalue weighted by atomic mass is 10.2. The summed E-state index contributed by atoms with van der Waals surface area (Å²) in [4.78, 5) is 7.00. The molecule has 60 valence electrons. The minimum absolute atomic E-state index is 0.317. The molecule has 1 aromatic heterocycles. The van der Waals surface area contributed by atoms with Gasteiger partial charge in [-0.15, -0.1) is 0 Å². The van der Waals surface area contributed by atoms with Gasteiger partial charge in [-0.3, -0.25) is 0 Å². The van der Waals surface area contributed by atoms with Gasteiger partial charge in [-0.25, -0.2) is 4.98 Å². The van der Waals surface area contributed by atoms with E-state index in [1.807, 2.05) is 6.92 Å². The van der Waals surface area contributed by atoms with E-state index in [4.69, 9.17) is 4.74 Å². The average molecular weight is 153 g/mol. The van der Waals surface area contributed by atoms with Gasteiger partial charge in [0.1, 0.15) is 6.10 Å². The molecule has 1 aliphatic heterocycles. The first kappa shape index (κ1) is 6.67. The number of hydrogen-bond donors (Lipinski definition) is 2. The second kappa shape index (κ2) is 2.54. The zero-order valence-electron chi connectivity index (χ0n) is 6.42. The Kier molecular flexibility index (Phi) is 1.54. The van der Waals surface area contributed by atoms with Crippen molar-refractivity contribution in [3.63, 3.8) is 0 Å². The van der Waals surface area contributed by atoms with E-state index in [1.165, 1.54) is 0 Å². The molecule has 0 unspecified atom stereocenters. The molecule has 4 nitrogen and oxygen atoms in total. The van der Waals surface area contributed by atoms with Gasteiger partial charge in [0.2, 0.25) is 5.88 Å². The van der Waals surface area contributed by atoms with Gasteiger partial charge in [-0.1, -0.05) is 0 Å². The highest BCUT2D eigenvalue weighted by Gasteiger charge is 2.19. The maximum absolute atomic E-state index is 5.52. The average Bonchev–Trinajstić information content (AvgIpc) is 2.27. The highest BCUT2D eigenvalue weighted by Crippen LogP contribution is 2.13. The molecule has 0 radical (unpaired) electrons. The van der Waals surface area contributed by atoms with Gasteiger partial charge in [0.05, 0.1) is 12.0 Å². The van der Waals surface area contributed by atoms with Crippen molar-refractivity contribution in [1.29, 1.82) is 0 Å². The topological polar surface area (TPSA) is 49.9 Å². The number of nitrogens with one attached hydrogen (secondary N) is 2. The summed E-state index contributed by atoms with van der Waals surface area (Å²) in [6, 6.07) is 0. The fraction of sp³-hybridized carbons (Fsp3) is 0.571. The van der Waals surface area contributed by atoms with Crippen molar-refractivity contribution in [3.8, 4) is 5.88 Å². The molecule has 0 amide bonds. The Morgan fingerprint density at radius 1 is 1.64 bits per heavy atom. The summed E-state index contributed by atoms with van der Waals surface area (Å²) >= 11 is 0. The first-order valence-electron chi connectivity index (χ1n) is 3.73. The monoisotopic (exact) mass is 153 g/mol. The second-order valence-electron chi connectivity index (χ2n) is 2.73. The number of rotatable bonds is 2. The summed E-state index contributed by atoms with van der Waals surface area (Å²) in [5, 5.41) is 3.13. The molecule has 0 spiro atoms. The zero-order chi connectivity index (χ0) is 7.68. The van der Waals surface area contributed by atoms with Crippen LogP contribution in [0.15, 0.2) is 6.33 Å². The fourth-order valence-corrected chi connectivity index (χ4v) is 0.968. The van der Waals surface area contributed by atoms with Crippen LogP contribution in [0.4, 0.5) is 0 Å². The Bertz CT molecular complexity index is 242. The maximum Gasteiger partial charge on any atom is 0.234 e. The van der Waals surface area contributed by atoms with Crippen LogP contribution in [0.2, 0.25) is 0 Å². The van der Waals surface area contributed by atoms with E-state index in [-0.39, 0.29) is 0 Å². The number of aromatic nitrogens is 2. The lowest BCUT2D eigenvalue weighted by molar-refractivity contribution is 0.136. The Hall–Kier alpha value is -1.03. The predicted octanol–water partition coefficient (Wildman–Crippen LogP) is 0.0687. The minimum Gasteiger partial charge on any atom is -0.470 e. The summed E-state index contributed by atoms with van der Waals surface area (Å²) in [5.74, 6) is 0.733. The first-order valence-corrected chi connectivity index (χ1v) is 3.73. The molecule has 0 aromatic carbocycles. The molecular formula is C7H11N3O. The van der Waals surface area contributed by atoms with E-state index >= 15 is 0 Å². The standard InChI is InChI=1S/C7H11N3O/c1-5-7(10-4-9-5)11-6-2-8-3-6/h4,6,8H,2-3H2,1H3,(H,9,10). The minimum atomic E-state index is 0.317. The molecule has 4 heteroatoms.